The normalized spacial score (nSPS) is 7.57. The zero-order chi connectivity index (χ0) is 63.6. The molecular formula is C76H96Cl3FO7W2. The molecule has 0 bridgehead atoms. The quantitative estimate of drug-likeness (QED) is 0.103. The van der Waals surface area contributed by atoms with Gasteiger partial charge in [-0.25, -0.2) is 4.39 Å². The van der Waals surface area contributed by atoms with Gasteiger partial charge in [0.15, 0.2) is 5.78 Å². The van der Waals surface area contributed by atoms with Crippen LogP contribution >= 0.6 is 34.8 Å². The number of halogens is 4. The predicted octanol–water partition coefficient (Wildman–Crippen LogP) is 21.2. The van der Waals surface area contributed by atoms with E-state index in [4.69, 9.17) is 21.8 Å². The number of hydrogen-bond acceptors (Lipinski definition) is 7. The summed E-state index contributed by atoms with van der Waals surface area (Å²) in [5.74, 6) is 0.252. The first-order valence-electron chi connectivity index (χ1n) is 25.8. The number of methoxy groups -OCH3 is 3. The molecule has 2 N–H and O–H groups in total. The zero-order valence-corrected chi connectivity index (χ0v) is 61.1. The molecule has 13 heteroatoms. The summed E-state index contributed by atoms with van der Waals surface area (Å²) in [5, 5.41) is 17.8. The molecular weight excluding hydrogens is 1520 g/mol. The molecule has 0 aliphatic heterocycles. The van der Waals surface area contributed by atoms with Gasteiger partial charge in [-0.3, -0.25) is 4.79 Å². The largest absolute Gasteiger partial charge is 2.00 e. The van der Waals surface area contributed by atoms with Crippen LogP contribution in [0.25, 0.3) is 0 Å². The van der Waals surface area contributed by atoms with Crippen LogP contribution in [-0.2, 0) is 61.1 Å². The third-order valence-electron chi connectivity index (χ3n) is 7.90. The van der Waals surface area contributed by atoms with Gasteiger partial charge in [0, 0.05) is 82.6 Å². The van der Waals surface area contributed by atoms with E-state index in [2.05, 4.69) is 49.5 Å². The summed E-state index contributed by atoms with van der Waals surface area (Å²) in [4.78, 5) is 21.3. The summed E-state index contributed by atoms with van der Waals surface area (Å²) in [6.45, 7) is 5.83. The van der Waals surface area contributed by atoms with Crippen molar-refractivity contribution in [1.82, 2.24) is 0 Å². The van der Waals surface area contributed by atoms with Gasteiger partial charge in [-0.15, -0.1) is 47.5 Å². The van der Waals surface area contributed by atoms with Crippen molar-refractivity contribution >= 4 is 46.4 Å². The molecule has 10 aromatic carbocycles. The predicted molar refractivity (Wildman–Crippen MR) is 377 cm³/mol. The Balaban J connectivity index is -0.0000000965. The summed E-state index contributed by atoms with van der Waals surface area (Å²) < 4.78 is 25.7. The van der Waals surface area contributed by atoms with Crippen molar-refractivity contribution in [3.63, 3.8) is 0 Å². The molecule has 0 atom stereocenters. The molecule has 0 aliphatic carbocycles. The number of hydrogen-bond donors (Lipinski definition) is 2. The van der Waals surface area contributed by atoms with E-state index in [1.54, 1.807) is 108 Å². The number of Topliss-reactive ketones (excluding diaryl/α,β-unsaturated/α-hetero) is 1. The molecule has 0 aromatic heterocycles. The van der Waals surface area contributed by atoms with Crippen molar-refractivity contribution in [2.24, 2.45) is 0 Å². The van der Waals surface area contributed by atoms with Crippen LogP contribution in [-0.4, -0.2) is 76.7 Å². The molecule has 7 nitrogen and oxygen atoms in total. The topological polar surface area (TPSA) is 102 Å². The second-order valence-electron chi connectivity index (χ2n) is 15.1. The first kappa shape index (κ1) is 104. The third-order valence-corrected chi connectivity index (χ3v) is 8.15. The van der Waals surface area contributed by atoms with E-state index in [1.807, 2.05) is 225 Å². The van der Waals surface area contributed by atoms with Gasteiger partial charge >= 0.3 is 42.1 Å². The number of carbonyl (C=O) groups is 2. The second-order valence-corrected chi connectivity index (χ2v) is 15.5. The standard InChI is InChI=1S/C13H8ClFO.2C6H5O.6C6H6.C3H8O.C3H6O.2C2H6O.2CH3Cl.CH4.2CH3.2W/c14-11-5-1-9(2-6-11)13(16)10-3-7-12(15)8-4-10;2*7-6-4-2-1-3-5-6;6*1-2-4-6-5-3-1;1-3-4-2;1-3(2)4;2*1-3-2;2*1-2;;;;;/h1-8H;2*2-5,7H;6*1-6H;3H2,1-2H3;1-2H3;2*1-2H3;2*1H3;1H4;2*1H3;;/q;2*-1;;;;;;;;;;;;;;2*-1;2*+2. The monoisotopic (exact) mass is 1610 g/mol. The van der Waals surface area contributed by atoms with Gasteiger partial charge in [-0.05, 0) is 69.3 Å². The van der Waals surface area contributed by atoms with Crippen molar-refractivity contribution in [3.8, 4) is 11.5 Å². The Labute approximate surface area is 581 Å². The number of aromatic hydroxyl groups is 2. The van der Waals surface area contributed by atoms with Crippen LogP contribution in [0.15, 0.2) is 315 Å². The fourth-order valence-electron chi connectivity index (χ4n) is 4.43. The number of ether oxygens (including phenoxy) is 3. The van der Waals surface area contributed by atoms with Crippen LogP contribution in [0.1, 0.15) is 44.1 Å². The van der Waals surface area contributed by atoms with Crippen LogP contribution < -0.4 is 0 Å². The molecule has 0 saturated carbocycles. The van der Waals surface area contributed by atoms with E-state index in [0.29, 0.717) is 27.6 Å². The zero-order valence-electron chi connectivity index (χ0n) is 53.0. The van der Waals surface area contributed by atoms with Gasteiger partial charge in [0.1, 0.15) is 11.6 Å². The van der Waals surface area contributed by atoms with Gasteiger partial charge in [-0.2, -0.15) is 36.4 Å². The molecule has 0 saturated heterocycles. The van der Waals surface area contributed by atoms with Gasteiger partial charge in [-0.1, -0.05) is 237 Å². The van der Waals surface area contributed by atoms with Crippen molar-refractivity contribution in [3.05, 3.63) is 364 Å². The maximum atomic E-state index is 12.7. The van der Waals surface area contributed by atoms with Crippen LogP contribution in [0.3, 0.4) is 0 Å². The minimum absolute atomic E-state index is 0. The van der Waals surface area contributed by atoms with E-state index in [9.17, 15) is 14.0 Å². The van der Waals surface area contributed by atoms with Crippen LogP contribution in [0.4, 0.5) is 4.39 Å². The summed E-state index contributed by atoms with van der Waals surface area (Å²) in [5.41, 5.74) is 1.000. The van der Waals surface area contributed by atoms with Gasteiger partial charge in [0.05, 0.1) is 0 Å². The maximum absolute atomic E-state index is 12.7. The van der Waals surface area contributed by atoms with Crippen molar-refractivity contribution < 1.29 is 80.5 Å². The number of rotatable bonds is 3. The minimum Gasteiger partial charge on any atom is -0.533 e. The van der Waals surface area contributed by atoms with E-state index in [-0.39, 0.29) is 81.8 Å². The summed E-state index contributed by atoms with van der Waals surface area (Å²) in [6.07, 6.45) is 2.94. The molecule has 0 radical (unpaired) electrons. The van der Waals surface area contributed by atoms with Gasteiger partial charge in [0.25, 0.3) is 0 Å². The Hall–Kier alpha value is -6.80. The number of carbonyl (C=O) groups excluding carboxylic acids is 2. The fourth-order valence-corrected chi connectivity index (χ4v) is 4.56. The number of ketones is 2. The number of phenols is 2. The van der Waals surface area contributed by atoms with E-state index in [0.717, 1.165) is 6.61 Å². The first-order chi connectivity index (χ1) is 40.9. The Morgan fingerprint density at radius 3 is 0.663 bits per heavy atom. The van der Waals surface area contributed by atoms with Crippen molar-refractivity contribution in [2.45, 2.75) is 28.2 Å². The Kier molecular flexibility index (Phi) is 108. The molecule has 482 valence electrons. The minimum atomic E-state index is -0.354. The molecule has 0 amide bonds. The molecule has 0 unspecified atom stereocenters. The first-order valence-corrected chi connectivity index (χ1v) is 27.7. The van der Waals surface area contributed by atoms with E-state index < -0.39 is 0 Å². The Bertz CT molecular complexity index is 2190. The number of phenolic OH excluding ortho intramolecular Hbond substituents is 2. The molecule has 10 rings (SSSR count). The van der Waals surface area contributed by atoms with E-state index in [1.165, 1.54) is 50.9 Å². The number of benzene rings is 10. The third kappa shape index (κ3) is 92.5. The molecule has 0 aliphatic rings. The van der Waals surface area contributed by atoms with Gasteiger partial charge in [0.2, 0.25) is 0 Å². The Morgan fingerprint density at radius 1 is 0.393 bits per heavy atom. The van der Waals surface area contributed by atoms with Crippen molar-refractivity contribution in [2.75, 3.05) is 54.9 Å². The summed E-state index contributed by atoms with van der Waals surface area (Å²) in [7, 11) is 8.18. The van der Waals surface area contributed by atoms with Gasteiger partial charge < -0.3 is 44.1 Å². The molecule has 10 aromatic rings. The molecule has 0 heterocycles. The summed E-state index contributed by atoms with van der Waals surface area (Å²) >= 11 is 15.0. The van der Waals surface area contributed by atoms with Crippen LogP contribution in [0.5, 0.6) is 11.5 Å². The fraction of sp³-hybridized carbons (Fsp3) is 0.158. The smallest absolute Gasteiger partial charge is 0.533 e. The Morgan fingerprint density at radius 2 is 0.539 bits per heavy atom. The van der Waals surface area contributed by atoms with E-state index >= 15 is 0 Å². The average Bonchev–Trinajstić information content (AvgIpc) is 3.62. The van der Waals surface area contributed by atoms with Crippen LogP contribution in [0, 0.1) is 32.8 Å². The molecule has 0 fully saturated rings. The van der Waals surface area contributed by atoms with Crippen molar-refractivity contribution in [1.29, 1.82) is 0 Å². The summed E-state index contributed by atoms with van der Waals surface area (Å²) in [6, 6.07) is 103. The SMILES string of the molecule is C.CC(C)=O.CCOC.CCl.CCl.COC.COC.O=C(c1ccc(F)cc1)c1ccc(Cl)cc1.Oc1cc[c-]cc1.Oc1cc[c-]cc1.[CH3-].[CH3-].[W+2].[W+2].c1ccccc1.c1ccccc1.c1ccccc1.c1ccccc1.c1ccccc1.c1ccccc1. The average molecular weight is 1610 g/mol. The molecule has 89 heavy (non-hydrogen) atoms. The second kappa shape index (κ2) is 92.4. The van der Waals surface area contributed by atoms with Crippen LogP contribution in [0.2, 0.25) is 5.02 Å². The molecule has 0 spiro atoms. The maximum Gasteiger partial charge on any atom is 2.00 e. The number of alkyl halides is 2.